The Bertz CT molecular complexity index is 1180. The normalized spacial score (nSPS) is 12.6. The summed E-state index contributed by atoms with van der Waals surface area (Å²) in [5.41, 5.74) is 0. The van der Waals surface area contributed by atoms with Gasteiger partial charge in [-0.1, -0.05) is 216 Å². The third kappa shape index (κ3) is 47.9. The van der Waals surface area contributed by atoms with Gasteiger partial charge in [-0.15, -0.1) is 0 Å². The maximum atomic E-state index is 12.8. The summed E-state index contributed by atoms with van der Waals surface area (Å²) in [5, 5.41) is 0. The van der Waals surface area contributed by atoms with Crippen molar-refractivity contribution in [3.05, 3.63) is 72.9 Å². The van der Waals surface area contributed by atoms with Gasteiger partial charge in [0, 0.05) is 19.3 Å². The number of rotatable bonds is 46. The third-order valence-electron chi connectivity index (χ3n) is 11.0. The van der Waals surface area contributed by atoms with Crippen molar-refractivity contribution in [1.29, 1.82) is 0 Å². The van der Waals surface area contributed by atoms with Gasteiger partial charge in [0.1, 0.15) is 13.2 Å². The van der Waals surface area contributed by atoms with E-state index in [2.05, 4.69) is 87.6 Å². The Labute approximate surface area is 382 Å². The zero-order chi connectivity index (χ0) is 45.1. The van der Waals surface area contributed by atoms with Crippen molar-refractivity contribution < 1.29 is 28.6 Å². The van der Waals surface area contributed by atoms with Crippen molar-refractivity contribution in [3.8, 4) is 0 Å². The molecule has 0 aliphatic carbocycles. The summed E-state index contributed by atoms with van der Waals surface area (Å²) in [7, 11) is 0. The standard InChI is InChI=1S/C56H96O6/c1-4-7-10-13-16-19-22-25-27-29-31-34-37-40-43-46-49-55(58)61-52-53(51-60-54(57)48-45-42-39-36-33-30-24-21-18-15-12-9-6-3)62-56(59)50-47-44-41-38-35-32-28-26-23-20-17-14-11-8-5-2/h8,11,14,17,20,23,27,29-30,33,39,42,53H,4-7,9-10,12-13,15-16,18-19,21-22,24-26,28,31-32,34-38,40-41,43-52H2,1-3H3/b11-8-,17-14-,23-20-,29-27-,33-30-,42-39-. The molecule has 0 radical (unpaired) electrons. The molecule has 62 heavy (non-hydrogen) atoms. The summed E-state index contributed by atoms with van der Waals surface area (Å²) in [6.45, 7) is 6.43. The fourth-order valence-corrected chi connectivity index (χ4v) is 7.08. The first kappa shape index (κ1) is 58.9. The fraction of sp³-hybridized carbons (Fsp3) is 0.732. The predicted molar refractivity (Wildman–Crippen MR) is 265 cm³/mol. The van der Waals surface area contributed by atoms with E-state index in [-0.39, 0.29) is 37.5 Å². The van der Waals surface area contributed by atoms with Crippen LogP contribution in [0.25, 0.3) is 0 Å². The number of esters is 3. The third-order valence-corrected chi connectivity index (χ3v) is 11.0. The van der Waals surface area contributed by atoms with Crippen LogP contribution in [0, 0.1) is 0 Å². The highest BCUT2D eigenvalue weighted by atomic mass is 16.6. The number of hydrogen-bond donors (Lipinski definition) is 0. The molecular weight excluding hydrogens is 769 g/mol. The Hall–Kier alpha value is -3.15. The number of hydrogen-bond acceptors (Lipinski definition) is 6. The van der Waals surface area contributed by atoms with Crippen molar-refractivity contribution >= 4 is 17.9 Å². The molecule has 0 saturated heterocycles. The molecule has 6 heteroatoms. The van der Waals surface area contributed by atoms with Crippen LogP contribution in [0.1, 0.15) is 245 Å². The van der Waals surface area contributed by atoms with E-state index in [4.69, 9.17) is 14.2 Å². The fourth-order valence-electron chi connectivity index (χ4n) is 7.08. The highest BCUT2D eigenvalue weighted by Gasteiger charge is 2.19. The van der Waals surface area contributed by atoms with Crippen molar-refractivity contribution in [2.45, 2.75) is 252 Å². The molecule has 1 atom stereocenters. The van der Waals surface area contributed by atoms with Crippen molar-refractivity contribution in [3.63, 3.8) is 0 Å². The average molecular weight is 865 g/mol. The molecule has 0 amide bonds. The molecule has 0 bridgehead atoms. The number of ether oxygens (including phenoxy) is 3. The van der Waals surface area contributed by atoms with E-state index in [1.165, 1.54) is 122 Å². The van der Waals surface area contributed by atoms with Crippen LogP contribution in [0.15, 0.2) is 72.9 Å². The molecule has 6 nitrogen and oxygen atoms in total. The van der Waals surface area contributed by atoms with Gasteiger partial charge >= 0.3 is 17.9 Å². The minimum Gasteiger partial charge on any atom is -0.462 e. The van der Waals surface area contributed by atoms with Crippen LogP contribution in [0.2, 0.25) is 0 Å². The molecule has 0 aliphatic heterocycles. The molecule has 0 aliphatic rings. The molecule has 0 rings (SSSR count). The highest BCUT2D eigenvalue weighted by molar-refractivity contribution is 5.71. The molecule has 356 valence electrons. The van der Waals surface area contributed by atoms with Crippen molar-refractivity contribution in [1.82, 2.24) is 0 Å². The van der Waals surface area contributed by atoms with Crippen molar-refractivity contribution in [2.24, 2.45) is 0 Å². The van der Waals surface area contributed by atoms with Crippen LogP contribution in [0.4, 0.5) is 0 Å². The van der Waals surface area contributed by atoms with Gasteiger partial charge in [-0.2, -0.15) is 0 Å². The minimum atomic E-state index is -0.807. The second-order valence-electron chi connectivity index (χ2n) is 17.1. The van der Waals surface area contributed by atoms with Crippen LogP contribution in [0.5, 0.6) is 0 Å². The SMILES string of the molecule is CC\C=C/C=C\C=C/CCCCCCCCCC(=O)OC(COC(=O)CC/C=C\C/C=C\CCCCCCCC)COC(=O)CCCCCCC/C=C\CCCCCCCCC. The van der Waals surface area contributed by atoms with Gasteiger partial charge in [0.2, 0.25) is 0 Å². The number of allylic oxidation sites excluding steroid dienone is 12. The second-order valence-corrected chi connectivity index (χ2v) is 17.1. The van der Waals surface area contributed by atoms with Gasteiger partial charge < -0.3 is 14.2 Å². The van der Waals surface area contributed by atoms with E-state index in [1.807, 2.05) is 6.08 Å². The summed E-state index contributed by atoms with van der Waals surface area (Å²) in [5.74, 6) is -0.991. The lowest BCUT2D eigenvalue weighted by Gasteiger charge is -2.18. The Kier molecular flexibility index (Phi) is 47.9. The van der Waals surface area contributed by atoms with E-state index < -0.39 is 6.10 Å². The maximum absolute atomic E-state index is 12.8. The molecule has 0 saturated carbocycles. The lowest BCUT2D eigenvalue weighted by Crippen LogP contribution is -2.30. The Balaban J connectivity index is 4.46. The highest BCUT2D eigenvalue weighted by Crippen LogP contribution is 2.14. The molecule has 0 N–H and O–H groups in total. The second kappa shape index (κ2) is 50.5. The topological polar surface area (TPSA) is 78.9 Å². The number of carbonyl (C=O) groups is 3. The Morgan fingerprint density at radius 2 is 0.726 bits per heavy atom. The van der Waals surface area contributed by atoms with E-state index >= 15 is 0 Å². The van der Waals surface area contributed by atoms with Gasteiger partial charge in [0.15, 0.2) is 6.10 Å². The van der Waals surface area contributed by atoms with Gasteiger partial charge in [0.05, 0.1) is 0 Å². The summed E-state index contributed by atoms with van der Waals surface area (Å²) >= 11 is 0. The van der Waals surface area contributed by atoms with Crippen LogP contribution in [-0.4, -0.2) is 37.2 Å². The Morgan fingerprint density at radius 1 is 0.355 bits per heavy atom. The molecule has 0 spiro atoms. The van der Waals surface area contributed by atoms with Crippen LogP contribution in [0.3, 0.4) is 0 Å². The molecule has 0 aromatic rings. The first-order chi connectivity index (χ1) is 30.5. The molecular formula is C56H96O6. The van der Waals surface area contributed by atoms with Gasteiger partial charge in [-0.3, -0.25) is 14.4 Å². The van der Waals surface area contributed by atoms with E-state index in [0.29, 0.717) is 19.3 Å². The van der Waals surface area contributed by atoms with Crippen LogP contribution >= 0.6 is 0 Å². The van der Waals surface area contributed by atoms with Crippen LogP contribution in [-0.2, 0) is 28.6 Å². The quantitative estimate of drug-likeness (QED) is 0.0199. The maximum Gasteiger partial charge on any atom is 0.306 e. The summed E-state index contributed by atoms with van der Waals surface area (Å²) in [6, 6.07) is 0. The zero-order valence-electron chi connectivity index (χ0n) is 40.6. The van der Waals surface area contributed by atoms with Gasteiger partial charge in [-0.05, 0) is 83.5 Å². The summed E-state index contributed by atoms with van der Waals surface area (Å²) < 4.78 is 16.7. The molecule has 0 aromatic heterocycles. The first-order valence-corrected chi connectivity index (χ1v) is 26.0. The predicted octanol–water partition coefficient (Wildman–Crippen LogP) is 17.0. The Morgan fingerprint density at radius 3 is 1.21 bits per heavy atom. The summed E-state index contributed by atoms with van der Waals surface area (Å²) in [4.78, 5) is 37.9. The average Bonchev–Trinajstić information content (AvgIpc) is 3.27. The monoisotopic (exact) mass is 865 g/mol. The lowest BCUT2D eigenvalue weighted by atomic mass is 10.1. The molecule has 0 aromatic carbocycles. The summed E-state index contributed by atoms with van der Waals surface area (Å²) in [6.07, 6.45) is 63.2. The lowest BCUT2D eigenvalue weighted by molar-refractivity contribution is -0.166. The van der Waals surface area contributed by atoms with Crippen molar-refractivity contribution in [2.75, 3.05) is 13.2 Å². The first-order valence-electron chi connectivity index (χ1n) is 26.0. The zero-order valence-corrected chi connectivity index (χ0v) is 40.6. The van der Waals surface area contributed by atoms with E-state index in [9.17, 15) is 14.4 Å². The smallest absolute Gasteiger partial charge is 0.306 e. The van der Waals surface area contributed by atoms with E-state index in [0.717, 1.165) is 77.0 Å². The largest absolute Gasteiger partial charge is 0.462 e. The number of carbonyl (C=O) groups excluding carboxylic acids is 3. The minimum absolute atomic E-state index is 0.102. The van der Waals surface area contributed by atoms with Gasteiger partial charge in [0.25, 0.3) is 0 Å². The van der Waals surface area contributed by atoms with E-state index in [1.54, 1.807) is 0 Å². The molecule has 1 unspecified atom stereocenters. The van der Waals surface area contributed by atoms with Gasteiger partial charge in [-0.25, -0.2) is 0 Å². The number of unbranched alkanes of at least 4 members (excludes halogenated alkanes) is 25. The van der Waals surface area contributed by atoms with Crippen LogP contribution < -0.4 is 0 Å². The molecule has 0 heterocycles. The molecule has 0 fully saturated rings.